The van der Waals surface area contributed by atoms with Gasteiger partial charge in [-0.25, -0.2) is 9.67 Å². The van der Waals surface area contributed by atoms with Crippen molar-refractivity contribution < 1.29 is 9.59 Å². The smallest absolute Gasteiger partial charge is 0.297 e. The Labute approximate surface area is 183 Å². The van der Waals surface area contributed by atoms with Crippen molar-refractivity contribution in [1.82, 2.24) is 14.7 Å². The summed E-state index contributed by atoms with van der Waals surface area (Å²) in [5.74, 6) is -0.564. The van der Waals surface area contributed by atoms with Crippen LogP contribution in [0, 0.1) is 6.92 Å². The fourth-order valence-electron chi connectivity index (χ4n) is 3.28. The Hall–Kier alpha value is -3.59. The molecule has 3 aromatic rings. The topological polar surface area (TPSA) is 97.5 Å². The van der Waals surface area contributed by atoms with Gasteiger partial charge in [0.2, 0.25) is 11.8 Å². The molecule has 0 spiro atoms. The minimum absolute atomic E-state index is 0.00638. The third-order valence-electron chi connectivity index (χ3n) is 4.94. The van der Waals surface area contributed by atoms with Gasteiger partial charge in [-0.3, -0.25) is 19.1 Å². The number of hydrogen-bond acceptors (Lipinski definition) is 5. The second-order valence-corrected chi connectivity index (χ2v) is 8.23. The van der Waals surface area contributed by atoms with Crippen molar-refractivity contribution in [3.8, 4) is 5.69 Å². The highest BCUT2D eigenvalue weighted by atomic mass is 32.2. The average molecular weight is 436 g/mol. The summed E-state index contributed by atoms with van der Waals surface area (Å²) in [5.41, 5.74) is 2.04. The molecule has 0 bridgehead atoms. The molecule has 2 heterocycles. The zero-order valence-corrected chi connectivity index (χ0v) is 17.8. The average Bonchev–Trinajstić information content (AvgIpc) is 3.20. The molecular weight excluding hydrogens is 414 g/mol. The fraction of sp³-hybridized carbons (Fsp3) is 0.182. The van der Waals surface area contributed by atoms with Gasteiger partial charge in [0, 0.05) is 19.2 Å². The van der Waals surface area contributed by atoms with Crippen LogP contribution in [0.1, 0.15) is 12.1 Å². The number of anilines is 1. The summed E-state index contributed by atoms with van der Waals surface area (Å²) in [7, 11) is 1.78. The summed E-state index contributed by atoms with van der Waals surface area (Å²) < 4.78 is 3.25. The molecule has 8 nitrogen and oxygen atoms in total. The van der Waals surface area contributed by atoms with E-state index in [4.69, 9.17) is 0 Å². The first-order chi connectivity index (χ1) is 14.9. The van der Waals surface area contributed by atoms with Crippen LogP contribution in [-0.4, -0.2) is 31.6 Å². The highest BCUT2D eigenvalue weighted by Gasteiger charge is 2.32. The number of amides is 2. The van der Waals surface area contributed by atoms with E-state index in [1.807, 2.05) is 48.5 Å². The lowest BCUT2D eigenvalue weighted by molar-refractivity contribution is -0.122. The van der Waals surface area contributed by atoms with E-state index in [0.29, 0.717) is 16.5 Å². The van der Waals surface area contributed by atoms with Crippen LogP contribution in [0.5, 0.6) is 0 Å². The number of rotatable bonds is 5. The molecule has 1 aliphatic rings. The van der Waals surface area contributed by atoms with Crippen LogP contribution in [0.4, 0.5) is 11.4 Å². The Morgan fingerprint density at radius 3 is 2.42 bits per heavy atom. The summed E-state index contributed by atoms with van der Waals surface area (Å²) >= 11 is 1.15. The third kappa shape index (κ3) is 4.31. The number of para-hydroxylation sites is 2. The van der Waals surface area contributed by atoms with Gasteiger partial charge < -0.3 is 10.6 Å². The number of thioether (sulfide) groups is 1. The maximum absolute atomic E-state index is 13.0. The van der Waals surface area contributed by atoms with Crippen LogP contribution in [0.25, 0.3) is 5.69 Å². The molecular formula is C22H21N5O3S. The molecule has 1 saturated heterocycles. The van der Waals surface area contributed by atoms with Gasteiger partial charge in [-0.1, -0.05) is 48.2 Å². The molecule has 2 aromatic carbocycles. The van der Waals surface area contributed by atoms with E-state index in [1.54, 1.807) is 30.8 Å². The molecule has 0 aliphatic carbocycles. The number of carbonyl (C=O) groups excluding carboxylic acids is 2. The van der Waals surface area contributed by atoms with Crippen LogP contribution in [-0.2, 0) is 16.6 Å². The van der Waals surface area contributed by atoms with E-state index in [-0.39, 0.29) is 29.5 Å². The summed E-state index contributed by atoms with van der Waals surface area (Å²) in [6.07, 6.45) is 0.00638. The highest BCUT2D eigenvalue weighted by molar-refractivity contribution is 8.15. The number of amidine groups is 1. The molecule has 1 fully saturated rings. The number of nitrogens with one attached hydrogen (secondary N) is 2. The van der Waals surface area contributed by atoms with Crippen LogP contribution >= 0.6 is 11.8 Å². The van der Waals surface area contributed by atoms with Gasteiger partial charge >= 0.3 is 0 Å². The van der Waals surface area contributed by atoms with Gasteiger partial charge in [0.15, 0.2) is 10.9 Å². The first-order valence-corrected chi connectivity index (χ1v) is 10.6. The van der Waals surface area contributed by atoms with E-state index < -0.39 is 5.25 Å². The molecule has 2 N–H and O–H groups in total. The number of aliphatic imine (C=N–C) groups is 1. The Morgan fingerprint density at radius 2 is 1.74 bits per heavy atom. The minimum Gasteiger partial charge on any atom is -0.326 e. The fourth-order valence-corrected chi connectivity index (χ4v) is 4.25. The van der Waals surface area contributed by atoms with E-state index in [1.165, 1.54) is 4.68 Å². The number of aromatic nitrogens is 2. The largest absolute Gasteiger partial charge is 0.326 e. The maximum Gasteiger partial charge on any atom is 0.297 e. The van der Waals surface area contributed by atoms with Crippen LogP contribution < -0.4 is 16.2 Å². The minimum atomic E-state index is -0.608. The van der Waals surface area contributed by atoms with Crippen molar-refractivity contribution in [2.45, 2.75) is 18.6 Å². The maximum atomic E-state index is 13.0. The van der Waals surface area contributed by atoms with Crippen LogP contribution in [0.2, 0.25) is 0 Å². The molecule has 158 valence electrons. The molecule has 4 rings (SSSR count). The first-order valence-electron chi connectivity index (χ1n) is 9.69. The normalized spacial score (nSPS) is 17.0. The molecule has 0 saturated carbocycles. The third-order valence-corrected chi connectivity index (χ3v) is 6.02. The van der Waals surface area contributed by atoms with Gasteiger partial charge in [0.25, 0.3) is 5.56 Å². The lowest BCUT2D eigenvalue weighted by Gasteiger charge is -2.07. The molecule has 0 radical (unpaired) electrons. The van der Waals surface area contributed by atoms with Crippen molar-refractivity contribution in [2.24, 2.45) is 12.0 Å². The molecule has 9 heteroatoms. The van der Waals surface area contributed by atoms with E-state index >= 15 is 0 Å². The van der Waals surface area contributed by atoms with Crippen molar-refractivity contribution in [1.29, 1.82) is 0 Å². The first kappa shape index (κ1) is 20.7. The summed E-state index contributed by atoms with van der Waals surface area (Å²) in [6, 6.07) is 18.3. The molecule has 31 heavy (non-hydrogen) atoms. The van der Waals surface area contributed by atoms with E-state index in [0.717, 1.165) is 17.4 Å². The quantitative estimate of drug-likeness (QED) is 0.644. The number of nitrogens with zero attached hydrogens (tertiary/aromatic N) is 3. The van der Waals surface area contributed by atoms with Crippen LogP contribution in [0.15, 0.2) is 70.5 Å². The predicted octanol–water partition coefficient (Wildman–Crippen LogP) is 2.73. The van der Waals surface area contributed by atoms with Crippen molar-refractivity contribution in [3.05, 3.63) is 76.7 Å². The second kappa shape index (κ2) is 8.65. The van der Waals surface area contributed by atoms with Crippen LogP contribution in [0.3, 0.4) is 0 Å². The molecule has 1 aromatic heterocycles. The summed E-state index contributed by atoms with van der Waals surface area (Å²) in [5, 5.41) is 5.16. The predicted molar refractivity (Wildman–Crippen MR) is 122 cm³/mol. The molecule has 1 aliphatic heterocycles. The number of benzene rings is 2. The number of carbonyl (C=O) groups is 2. The van der Waals surface area contributed by atoms with Crippen molar-refractivity contribution in [2.75, 3.05) is 5.32 Å². The Morgan fingerprint density at radius 1 is 1.10 bits per heavy atom. The van der Waals surface area contributed by atoms with E-state index in [9.17, 15) is 14.4 Å². The van der Waals surface area contributed by atoms with Gasteiger partial charge in [-0.05, 0) is 31.2 Å². The lowest BCUT2D eigenvalue weighted by Crippen LogP contribution is -2.28. The van der Waals surface area contributed by atoms with Gasteiger partial charge in [0.1, 0.15) is 5.25 Å². The van der Waals surface area contributed by atoms with Gasteiger partial charge in [-0.2, -0.15) is 0 Å². The van der Waals surface area contributed by atoms with Crippen molar-refractivity contribution >= 4 is 40.1 Å². The summed E-state index contributed by atoms with van der Waals surface area (Å²) in [6.45, 7) is 1.80. The van der Waals surface area contributed by atoms with E-state index in [2.05, 4.69) is 15.6 Å². The zero-order valence-electron chi connectivity index (χ0n) is 17.0. The van der Waals surface area contributed by atoms with Gasteiger partial charge in [0.05, 0.1) is 11.4 Å². The number of hydrogen-bond donors (Lipinski definition) is 2. The lowest BCUT2D eigenvalue weighted by atomic mass is 10.2. The van der Waals surface area contributed by atoms with Crippen molar-refractivity contribution in [3.63, 3.8) is 0 Å². The highest BCUT2D eigenvalue weighted by Crippen LogP contribution is 2.26. The SMILES string of the molecule is Cc1c(N=C2NC(=O)[C@@H](CC(=O)Nc3ccccc3)S2)c(=O)n(-c2ccccc2)n1C. The van der Waals surface area contributed by atoms with Gasteiger partial charge in [-0.15, -0.1) is 0 Å². The Bertz CT molecular complexity index is 1220. The summed E-state index contributed by atoms with van der Waals surface area (Å²) in [4.78, 5) is 42.0. The standard InChI is InChI=1S/C22H21N5O3S/c1-14-19(21(30)27(26(14)2)16-11-7-4-8-12-16)24-22-25-20(29)17(31-22)13-18(28)23-15-9-5-3-6-10-15/h3-12,17H,13H2,1-2H3,(H,23,28)(H,24,25,29)/t17-/m1/s1. The Balaban J connectivity index is 1.52. The Kier molecular flexibility index (Phi) is 5.77. The molecule has 2 amide bonds. The molecule has 0 unspecified atom stereocenters. The molecule has 1 atom stereocenters. The zero-order chi connectivity index (χ0) is 22.0. The monoisotopic (exact) mass is 435 g/mol. The second-order valence-electron chi connectivity index (χ2n) is 7.04.